The molecule has 1 aliphatic heterocycles. The summed E-state index contributed by atoms with van der Waals surface area (Å²) in [4.78, 5) is 19.2. The predicted octanol–water partition coefficient (Wildman–Crippen LogP) is 3.51. The fraction of sp³-hybridized carbons (Fsp3) is 0.200. The molecule has 0 aliphatic carbocycles. The van der Waals surface area contributed by atoms with Crippen LogP contribution >= 0.6 is 0 Å². The highest BCUT2D eigenvalue weighted by molar-refractivity contribution is 6.01. The molecule has 3 aromatic rings. The summed E-state index contributed by atoms with van der Waals surface area (Å²) in [5, 5.41) is 0. The third kappa shape index (κ3) is 2.60. The van der Waals surface area contributed by atoms with E-state index in [0.29, 0.717) is 13.1 Å². The predicted molar refractivity (Wildman–Crippen MR) is 93.6 cm³/mol. The van der Waals surface area contributed by atoms with Crippen molar-refractivity contribution >= 4 is 5.91 Å². The van der Waals surface area contributed by atoms with Crippen molar-refractivity contribution in [1.29, 1.82) is 0 Å². The normalized spacial score (nSPS) is 13.6. The van der Waals surface area contributed by atoms with E-state index >= 15 is 0 Å². The highest BCUT2D eigenvalue weighted by Crippen LogP contribution is 2.26. The van der Waals surface area contributed by atoms with E-state index in [4.69, 9.17) is 0 Å². The van der Waals surface area contributed by atoms with Gasteiger partial charge in [-0.1, -0.05) is 48.0 Å². The number of imidazole rings is 1. The number of aromatic nitrogens is 2. The molecule has 0 saturated carbocycles. The first-order valence-electron chi connectivity index (χ1n) is 8.17. The molecule has 2 aromatic carbocycles. The molecule has 0 saturated heterocycles. The average molecular weight is 317 g/mol. The van der Waals surface area contributed by atoms with Crippen molar-refractivity contribution in [3.8, 4) is 11.1 Å². The van der Waals surface area contributed by atoms with Crippen LogP contribution in [0, 0.1) is 6.92 Å². The number of amides is 1. The van der Waals surface area contributed by atoms with Gasteiger partial charge in [-0.3, -0.25) is 4.79 Å². The Morgan fingerprint density at radius 1 is 1.08 bits per heavy atom. The number of carbonyl (C=O) groups excluding carboxylic acids is 1. The first-order chi connectivity index (χ1) is 11.7. The van der Waals surface area contributed by atoms with Crippen molar-refractivity contribution < 1.29 is 4.79 Å². The number of hydrogen-bond donors (Lipinski definition) is 0. The van der Waals surface area contributed by atoms with E-state index in [1.54, 1.807) is 0 Å². The minimum absolute atomic E-state index is 0.0829. The summed E-state index contributed by atoms with van der Waals surface area (Å²) in [7, 11) is 0. The van der Waals surface area contributed by atoms with E-state index in [2.05, 4.69) is 34.7 Å². The van der Waals surface area contributed by atoms with Gasteiger partial charge in [-0.05, 0) is 24.1 Å². The van der Waals surface area contributed by atoms with E-state index in [1.165, 1.54) is 5.56 Å². The summed E-state index contributed by atoms with van der Waals surface area (Å²) in [6, 6.07) is 16.1. The SMILES string of the molecule is Cc1cccc(-c2ccccc2C(=O)N2CCn3cncc3C2)c1. The lowest BCUT2D eigenvalue weighted by molar-refractivity contribution is 0.0712. The van der Waals surface area contributed by atoms with Crippen molar-refractivity contribution in [2.24, 2.45) is 0 Å². The summed E-state index contributed by atoms with van der Waals surface area (Å²) in [6.45, 7) is 4.19. The first kappa shape index (κ1) is 14.7. The van der Waals surface area contributed by atoms with Crippen molar-refractivity contribution in [1.82, 2.24) is 14.5 Å². The topological polar surface area (TPSA) is 38.1 Å². The second kappa shape index (κ2) is 5.96. The standard InChI is InChI=1S/C20H19N3O/c1-15-5-4-6-16(11-15)18-7-2-3-8-19(18)20(24)22-9-10-23-14-21-12-17(23)13-22/h2-8,11-12,14H,9-10,13H2,1H3. The molecule has 0 fully saturated rings. The summed E-state index contributed by atoms with van der Waals surface area (Å²) in [6.07, 6.45) is 3.67. The molecular weight excluding hydrogens is 298 g/mol. The Labute approximate surface area is 141 Å². The Balaban J connectivity index is 1.69. The molecule has 0 N–H and O–H groups in total. The number of nitrogens with zero attached hydrogens (tertiary/aromatic N) is 3. The monoisotopic (exact) mass is 317 g/mol. The lowest BCUT2D eigenvalue weighted by Gasteiger charge is -2.28. The fourth-order valence-corrected chi connectivity index (χ4v) is 3.26. The molecule has 0 radical (unpaired) electrons. The van der Waals surface area contributed by atoms with Crippen molar-refractivity contribution in [2.45, 2.75) is 20.0 Å². The lowest BCUT2D eigenvalue weighted by Crippen LogP contribution is -2.38. The van der Waals surface area contributed by atoms with Crippen LogP contribution < -0.4 is 0 Å². The molecule has 120 valence electrons. The van der Waals surface area contributed by atoms with Crippen molar-refractivity contribution in [3.63, 3.8) is 0 Å². The van der Waals surface area contributed by atoms with Gasteiger partial charge in [0.05, 0.1) is 18.6 Å². The second-order valence-electron chi connectivity index (χ2n) is 6.22. The smallest absolute Gasteiger partial charge is 0.254 e. The van der Waals surface area contributed by atoms with Gasteiger partial charge in [0.15, 0.2) is 0 Å². The first-order valence-corrected chi connectivity index (χ1v) is 8.17. The van der Waals surface area contributed by atoms with Crippen LogP contribution in [0.3, 0.4) is 0 Å². The molecule has 24 heavy (non-hydrogen) atoms. The minimum atomic E-state index is 0.0829. The van der Waals surface area contributed by atoms with Gasteiger partial charge in [0, 0.05) is 24.8 Å². The highest BCUT2D eigenvalue weighted by Gasteiger charge is 2.23. The van der Waals surface area contributed by atoms with Crippen LogP contribution in [0.25, 0.3) is 11.1 Å². The zero-order chi connectivity index (χ0) is 16.5. The number of rotatable bonds is 2. The Morgan fingerprint density at radius 3 is 2.83 bits per heavy atom. The third-order valence-electron chi connectivity index (χ3n) is 4.54. The Kier molecular flexibility index (Phi) is 3.65. The van der Waals surface area contributed by atoms with E-state index in [-0.39, 0.29) is 5.91 Å². The lowest BCUT2D eigenvalue weighted by atomic mass is 9.97. The van der Waals surface area contributed by atoms with Gasteiger partial charge < -0.3 is 9.47 Å². The maximum atomic E-state index is 13.1. The third-order valence-corrected chi connectivity index (χ3v) is 4.54. The summed E-state index contributed by atoms with van der Waals surface area (Å²) in [5.41, 5.74) is 5.11. The van der Waals surface area contributed by atoms with Gasteiger partial charge >= 0.3 is 0 Å². The second-order valence-corrected chi connectivity index (χ2v) is 6.22. The fourth-order valence-electron chi connectivity index (χ4n) is 3.26. The molecule has 4 heteroatoms. The van der Waals surface area contributed by atoms with Gasteiger partial charge in [-0.15, -0.1) is 0 Å². The molecule has 1 aliphatic rings. The van der Waals surface area contributed by atoms with Crippen molar-refractivity contribution in [2.75, 3.05) is 6.54 Å². The number of hydrogen-bond acceptors (Lipinski definition) is 2. The van der Waals surface area contributed by atoms with E-state index in [1.807, 2.05) is 47.8 Å². The van der Waals surface area contributed by atoms with Crippen LogP contribution in [0.1, 0.15) is 21.6 Å². The maximum absolute atomic E-state index is 13.1. The molecule has 0 bridgehead atoms. The van der Waals surface area contributed by atoms with E-state index in [9.17, 15) is 4.79 Å². The molecule has 1 amide bonds. The summed E-state index contributed by atoms with van der Waals surface area (Å²) in [5.74, 6) is 0.0829. The van der Waals surface area contributed by atoms with Gasteiger partial charge in [-0.2, -0.15) is 0 Å². The van der Waals surface area contributed by atoms with Gasteiger partial charge in [0.25, 0.3) is 5.91 Å². The summed E-state index contributed by atoms with van der Waals surface area (Å²) < 4.78 is 2.11. The molecule has 0 unspecified atom stereocenters. The van der Waals surface area contributed by atoms with Crippen LogP contribution in [-0.2, 0) is 13.1 Å². The maximum Gasteiger partial charge on any atom is 0.254 e. The average Bonchev–Trinajstić information content (AvgIpc) is 3.09. The zero-order valence-electron chi connectivity index (χ0n) is 13.6. The number of fused-ring (bicyclic) bond motifs is 1. The highest BCUT2D eigenvalue weighted by atomic mass is 16.2. The minimum Gasteiger partial charge on any atom is -0.331 e. The van der Waals surface area contributed by atoms with E-state index < -0.39 is 0 Å². The quantitative estimate of drug-likeness (QED) is 0.725. The molecular formula is C20H19N3O. The van der Waals surface area contributed by atoms with Crippen molar-refractivity contribution in [3.05, 3.63) is 77.9 Å². The van der Waals surface area contributed by atoms with Crippen LogP contribution in [-0.4, -0.2) is 26.9 Å². The van der Waals surface area contributed by atoms with Crippen LogP contribution in [0.5, 0.6) is 0 Å². The Morgan fingerprint density at radius 2 is 1.96 bits per heavy atom. The molecule has 4 rings (SSSR count). The molecule has 4 nitrogen and oxygen atoms in total. The Bertz CT molecular complexity index is 897. The largest absolute Gasteiger partial charge is 0.331 e. The van der Waals surface area contributed by atoms with Crippen LogP contribution in [0.4, 0.5) is 0 Å². The zero-order valence-corrected chi connectivity index (χ0v) is 13.6. The Hall–Kier alpha value is -2.88. The summed E-state index contributed by atoms with van der Waals surface area (Å²) >= 11 is 0. The van der Waals surface area contributed by atoms with Gasteiger partial charge in [-0.25, -0.2) is 4.98 Å². The molecule has 0 atom stereocenters. The van der Waals surface area contributed by atoms with E-state index in [0.717, 1.165) is 28.9 Å². The number of carbonyl (C=O) groups is 1. The number of benzene rings is 2. The van der Waals surface area contributed by atoms with Crippen LogP contribution in [0.15, 0.2) is 61.1 Å². The molecule has 1 aromatic heterocycles. The number of aryl methyl sites for hydroxylation is 1. The van der Waals surface area contributed by atoms with Gasteiger partial charge in [0.1, 0.15) is 0 Å². The molecule has 0 spiro atoms. The van der Waals surface area contributed by atoms with Gasteiger partial charge in [0.2, 0.25) is 0 Å². The van der Waals surface area contributed by atoms with Crippen LogP contribution in [0.2, 0.25) is 0 Å². The molecule has 2 heterocycles.